The molecule has 0 bridgehead atoms. The first-order valence-corrected chi connectivity index (χ1v) is 8.39. The SMILES string of the molecule is CC(C)(C)c1ccnc(-c2ccc(=O)n(-c3cncc(F)c3)c2CO)c1O. The largest absolute Gasteiger partial charge is 0.505 e. The summed E-state index contributed by atoms with van der Waals surface area (Å²) < 4.78 is 14.8. The second-order valence-corrected chi connectivity index (χ2v) is 7.19. The second-order valence-electron chi connectivity index (χ2n) is 7.19. The Kier molecular flexibility index (Phi) is 4.80. The van der Waals surface area contributed by atoms with Crippen LogP contribution in [0, 0.1) is 5.82 Å². The number of pyridine rings is 3. The average molecular weight is 369 g/mol. The van der Waals surface area contributed by atoms with E-state index in [-0.39, 0.29) is 28.2 Å². The number of aliphatic hydroxyl groups excluding tert-OH is 1. The van der Waals surface area contributed by atoms with Crippen LogP contribution in [0.3, 0.4) is 0 Å². The van der Waals surface area contributed by atoms with E-state index in [1.165, 1.54) is 18.3 Å². The maximum absolute atomic E-state index is 13.6. The summed E-state index contributed by atoms with van der Waals surface area (Å²) >= 11 is 0. The van der Waals surface area contributed by atoms with Gasteiger partial charge >= 0.3 is 0 Å². The highest BCUT2D eigenvalue weighted by Gasteiger charge is 2.23. The van der Waals surface area contributed by atoms with Crippen molar-refractivity contribution in [1.82, 2.24) is 14.5 Å². The monoisotopic (exact) mass is 369 g/mol. The van der Waals surface area contributed by atoms with Crippen molar-refractivity contribution in [2.24, 2.45) is 0 Å². The fourth-order valence-electron chi connectivity index (χ4n) is 3.01. The molecule has 27 heavy (non-hydrogen) atoms. The molecule has 140 valence electrons. The van der Waals surface area contributed by atoms with E-state index in [2.05, 4.69) is 9.97 Å². The number of hydrogen-bond donors (Lipinski definition) is 2. The Balaban J connectivity index is 2.31. The number of aliphatic hydroxyl groups is 1. The molecule has 0 radical (unpaired) electrons. The second kappa shape index (κ2) is 6.92. The van der Waals surface area contributed by atoms with Crippen LogP contribution in [0.5, 0.6) is 5.75 Å². The topological polar surface area (TPSA) is 88.2 Å². The minimum atomic E-state index is -0.607. The first-order chi connectivity index (χ1) is 12.7. The Bertz CT molecular complexity index is 1060. The molecular formula is C20H20FN3O3. The third-order valence-corrected chi connectivity index (χ3v) is 4.28. The van der Waals surface area contributed by atoms with Gasteiger partial charge in [-0.15, -0.1) is 0 Å². The first kappa shape index (κ1) is 18.7. The molecule has 3 heterocycles. The summed E-state index contributed by atoms with van der Waals surface area (Å²) in [6.45, 7) is 5.36. The zero-order valence-corrected chi connectivity index (χ0v) is 15.3. The van der Waals surface area contributed by atoms with E-state index in [4.69, 9.17) is 0 Å². The minimum absolute atomic E-state index is 0.0257. The van der Waals surface area contributed by atoms with E-state index in [0.29, 0.717) is 11.1 Å². The van der Waals surface area contributed by atoms with Crippen LogP contribution in [0.25, 0.3) is 16.9 Å². The van der Waals surface area contributed by atoms with Crippen molar-refractivity contribution in [3.63, 3.8) is 0 Å². The van der Waals surface area contributed by atoms with Crippen molar-refractivity contribution in [3.8, 4) is 22.7 Å². The highest BCUT2D eigenvalue weighted by molar-refractivity contribution is 5.70. The van der Waals surface area contributed by atoms with Gasteiger partial charge in [-0.1, -0.05) is 20.8 Å². The molecule has 0 atom stereocenters. The van der Waals surface area contributed by atoms with Crippen LogP contribution in [-0.4, -0.2) is 24.7 Å². The number of halogens is 1. The molecule has 0 aliphatic heterocycles. The fraction of sp³-hybridized carbons (Fsp3) is 0.250. The highest BCUT2D eigenvalue weighted by Crippen LogP contribution is 2.37. The molecule has 0 aromatic carbocycles. The highest BCUT2D eigenvalue weighted by atomic mass is 19.1. The zero-order valence-electron chi connectivity index (χ0n) is 15.3. The molecule has 2 N–H and O–H groups in total. The molecule has 0 amide bonds. The Morgan fingerprint density at radius 3 is 2.56 bits per heavy atom. The van der Waals surface area contributed by atoms with Crippen LogP contribution in [0.2, 0.25) is 0 Å². The van der Waals surface area contributed by atoms with Crippen molar-refractivity contribution >= 4 is 0 Å². The number of rotatable bonds is 3. The lowest BCUT2D eigenvalue weighted by atomic mass is 9.86. The van der Waals surface area contributed by atoms with E-state index < -0.39 is 18.0 Å². The molecule has 0 unspecified atom stereocenters. The summed E-state index contributed by atoms with van der Waals surface area (Å²) in [7, 11) is 0. The third-order valence-electron chi connectivity index (χ3n) is 4.28. The van der Waals surface area contributed by atoms with Gasteiger partial charge in [0.1, 0.15) is 17.3 Å². The molecular weight excluding hydrogens is 349 g/mol. The number of aromatic nitrogens is 3. The van der Waals surface area contributed by atoms with Crippen LogP contribution in [0.15, 0.2) is 47.7 Å². The maximum Gasteiger partial charge on any atom is 0.255 e. The molecule has 0 spiro atoms. The van der Waals surface area contributed by atoms with Gasteiger partial charge in [-0.25, -0.2) is 4.39 Å². The van der Waals surface area contributed by atoms with Crippen LogP contribution in [-0.2, 0) is 12.0 Å². The van der Waals surface area contributed by atoms with E-state index in [0.717, 1.165) is 16.8 Å². The van der Waals surface area contributed by atoms with Gasteiger partial charge in [0.25, 0.3) is 5.56 Å². The van der Waals surface area contributed by atoms with E-state index in [9.17, 15) is 19.4 Å². The summed E-state index contributed by atoms with van der Waals surface area (Å²) in [5.74, 6) is -0.633. The van der Waals surface area contributed by atoms with Gasteiger partial charge in [-0.2, -0.15) is 0 Å². The molecule has 0 saturated carbocycles. The molecule has 0 aliphatic rings. The molecule has 0 saturated heterocycles. The quantitative estimate of drug-likeness (QED) is 0.741. The van der Waals surface area contributed by atoms with E-state index >= 15 is 0 Å². The summed E-state index contributed by atoms with van der Waals surface area (Å²) in [4.78, 5) is 20.4. The summed E-state index contributed by atoms with van der Waals surface area (Å²) in [5.41, 5.74) is 0.876. The molecule has 3 aromatic heterocycles. The van der Waals surface area contributed by atoms with Crippen molar-refractivity contribution < 1.29 is 14.6 Å². The molecule has 7 heteroatoms. The van der Waals surface area contributed by atoms with Crippen molar-refractivity contribution in [3.05, 3.63) is 70.3 Å². The van der Waals surface area contributed by atoms with Crippen LogP contribution in [0.4, 0.5) is 4.39 Å². The average Bonchev–Trinajstić information content (AvgIpc) is 2.60. The van der Waals surface area contributed by atoms with Gasteiger partial charge in [-0.3, -0.25) is 19.3 Å². The van der Waals surface area contributed by atoms with Gasteiger partial charge in [0.15, 0.2) is 0 Å². The van der Waals surface area contributed by atoms with Gasteiger partial charge in [0.2, 0.25) is 0 Å². The first-order valence-electron chi connectivity index (χ1n) is 8.39. The smallest absolute Gasteiger partial charge is 0.255 e. The van der Waals surface area contributed by atoms with Crippen LogP contribution < -0.4 is 5.56 Å². The predicted octanol–water partition coefficient (Wildman–Crippen LogP) is 2.93. The molecule has 0 aliphatic carbocycles. The Hall–Kier alpha value is -3.06. The normalized spacial score (nSPS) is 11.6. The van der Waals surface area contributed by atoms with Gasteiger partial charge < -0.3 is 10.2 Å². The third kappa shape index (κ3) is 3.46. The maximum atomic E-state index is 13.6. The molecule has 6 nitrogen and oxygen atoms in total. The Morgan fingerprint density at radius 2 is 1.93 bits per heavy atom. The summed E-state index contributed by atoms with van der Waals surface area (Å²) in [5, 5.41) is 20.7. The molecule has 3 rings (SSSR count). The predicted molar refractivity (Wildman–Crippen MR) is 99.3 cm³/mol. The van der Waals surface area contributed by atoms with Crippen molar-refractivity contribution in [1.29, 1.82) is 0 Å². The standard InChI is InChI=1S/C20H20FN3O3/c1-20(2,3)15-6-7-23-18(19(15)27)14-4-5-17(26)24(16(14)11-25)13-8-12(21)9-22-10-13/h4-10,25,27H,11H2,1-3H3. The van der Waals surface area contributed by atoms with Crippen LogP contribution >= 0.6 is 0 Å². The lowest BCUT2D eigenvalue weighted by Gasteiger charge is -2.22. The van der Waals surface area contributed by atoms with Gasteiger partial charge in [-0.05, 0) is 17.5 Å². The Morgan fingerprint density at radius 1 is 1.19 bits per heavy atom. The van der Waals surface area contributed by atoms with Gasteiger partial charge in [0, 0.05) is 29.5 Å². The summed E-state index contributed by atoms with van der Waals surface area (Å²) in [6, 6.07) is 5.65. The molecule has 0 fully saturated rings. The van der Waals surface area contributed by atoms with Crippen molar-refractivity contribution in [2.45, 2.75) is 32.8 Å². The lowest BCUT2D eigenvalue weighted by molar-refractivity contribution is 0.274. The number of hydrogen-bond acceptors (Lipinski definition) is 5. The van der Waals surface area contributed by atoms with Gasteiger partial charge in [0.05, 0.1) is 30.4 Å². The fourth-order valence-corrected chi connectivity index (χ4v) is 3.01. The van der Waals surface area contributed by atoms with E-state index in [1.54, 1.807) is 12.3 Å². The minimum Gasteiger partial charge on any atom is -0.505 e. The zero-order chi connectivity index (χ0) is 19.8. The van der Waals surface area contributed by atoms with Crippen molar-refractivity contribution in [2.75, 3.05) is 0 Å². The Labute approximate surface area is 155 Å². The molecule has 3 aromatic rings. The summed E-state index contributed by atoms with van der Waals surface area (Å²) in [6.07, 6.45) is 3.92. The number of nitrogens with zero attached hydrogens (tertiary/aromatic N) is 3. The van der Waals surface area contributed by atoms with Crippen LogP contribution in [0.1, 0.15) is 32.0 Å². The van der Waals surface area contributed by atoms with E-state index in [1.807, 2.05) is 20.8 Å². The lowest BCUT2D eigenvalue weighted by Crippen LogP contribution is -2.22. The number of aromatic hydroxyl groups is 1.